The van der Waals surface area contributed by atoms with E-state index in [-0.39, 0.29) is 6.04 Å². The van der Waals surface area contributed by atoms with E-state index in [2.05, 4.69) is 5.32 Å². The lowest BCUT2D eigenvalue weighted by atomic mass is 10.3. The summed E-state index contributed by atoms with van der Waals surface area (Å²) in [7, 11) is -3.36. The van der Waals surface area contributed by atoms with E-state index in [1.807, 2.05) is 6.92 Å². The fraction of sp³-hybridized carbons (Fsp3) is 0.556. The quantitative estimate of drug-likeness (QED) is 0.891. The summed E-state index contributed by atoms with van der Waals surface area (Å²) < 4.78 is 26.9. The second kappa shape index (κ2) is 4.62. The average molecular weight is 281 g/mol. The van der Waals surface area contributed by atoms with Crippen LogP contribution in [0.1, 0.15) is 6.92 Å². The monoisotopic (exact) mass is 280 g/mol. The lowest BCUT2D eigenvalue weighted by molar-refractivity contribution is 0.284. The molecule has 7 heteroatoms. The highest BCUT2D eigenvalue weighted by Crippen LogP contribution is 2.29. The SMILES string of the molecule is CC1CNCCN1S(=O)(=O)c1ccc(Cl)s1. The molecular formula is C9H13ClN2O2S2. The maximum absolute atomic E-state index is 12.3. The summed E-state index contributed by atoms with van der Waals surface area (Å²) in [6.45, 7) is 3.80. The molecule has 1 aromatic rings. The van der Waals surface area contributed by atoms with Crippen molar-refractivity contribution >= 4 is 33.0 Å². The standard InChI is InChI=1S/C9H13ClN2O2S2/c1-7-6-11-4-5-12(7)16(13,14)9-3-2-8(10)15-9/h2-3,7,11H,4-6H2,1H3. The molecule has 1 aromatic heterocycles. The molecule has 1 aliphatic rings. The average Bonchev–Trinajstić information content (AvgIpc) is 2.66. The first-order valence-corrected chi connectivity index (χ1v) is 7.63. The van der Waals surface area contributed by atoms with Crippen LogP contribution in [0.15, 0.2) is 16.3 Å². The third-order valence-corrected chi connectivity index (χ3v) is 6.26. The summed E-state index contributed by atoms with van der Waals surface area (Å²) in [6.07, 6.45) is 0. The molecule has 1 saturated heterocycles. The van der Waals surface area contributed by atoms with Crippen molar-refractivity contribution in [1.29, 1.82) is 0 Å². The Kier molecular flexibility index (Phi) is 3.56. The van der Waals surface area contributed by atoms with Crippen molar-refractivity contribution in [3.05, 3.63) is 16.5 Å². The van der Waals surface area contributed by atoms with Gasteiger partial charge in [-0.05, 0) is 19.1 Å². The summed E-state index contributed by atoms with van der Waals surface area (Å²) in [6, 6.07) is 3.17. The molecule has 2 rings (SSSR count). The minimum absolute atomic E-state index is 0.0142. The van der Waals surface area contributed by atoms with E-state index in [0.29, 0.717) is 28.2 Å². The molecule has 1 aliphatic heterocycles. The molecule has 0 aliphatic carbocycles. The van der Waals surface area contributed by atoms with Crippen LogP contribution in [0.25, 0.3) is 0 Å². The number of hydrogen-bond donors (Lipinski definition) is 1. The Morgan fingerprint density at radius 2 is 2.31 bits per heavy atom. The van der Waals surface area contributed by atoms with Gasteiger partial charge in [-0.1, -0.05) is 11.6 Å². The maximum Gasteiger partial charge on any atom is 0.252 e. The van der Waals surface area contributed by atoms with Crippen molar-refractivity contribution in [3.8, 4) is 0 Å². The van der Waals surface area contributed by atoms with Crippen LogP contribution in [0.3, 0.4) is 0 Å². The van der Waals surface area contributed by atoms with Crippen molar-refractivity contribution in [2.24, 2.45) is 0 Å². The highest BCUT2D eigenvalue weighted by atomic mass is 35.5. The van der Waals surface area contributed by atoms with Crippen LogP contribution in [0.2, 0.25) is 4.34 Å². The molecule has 0 amide bonds. The zero-order valence-electron chi connectivity index (χ0n) is 8.81. The summed E-state index contributed by atoms with van der Waals surface area (Å²) >= 11 is 6.87. The number of hydrogen-bond acceptors (Lipinski definition) is 4. The van der Waals surface area contributed by atoms with Crippen LogP contribution in [-0.2, 0) is 10.0 Å². The molecule has 4 nitrogen and oxygen atoms in total. The molecule has 0 radical (unpaired) electrons. The third-order valence-electron chi connectivity index (χ3n) is 2.55. The molecule has 1 fully saturated rings. The van der Waals surface area contributed by atoms with E-state index >= 15 is 0 Å². The van der Waals surface area contributed by atoms with Gasteiger partial charge in [-0.2, -0.15) is 4.31 Å². The smallest absolute Gasteiger partial charge is 0.252 e. The first-order chi connectivity index (χ1) is 7.51. The molecule has 90 valence electrons. The molecule has 1 atom stereocenters. The number of sulfonamides is 1. The summed E-state index contributed by atoms with van der Waals surface area (Å²) in [4.78, 5) is 0. The van der Waals surface area contributed by atoms with E-state index in [1.54, 1.807) is 12.1 Å². The van der Waals surface area contributed by atoms with Crippen molar-refractivity contribution in [2.45, 2.75) is 17.2 Å². The van der Waals surface area contributed by atoms with Gasteiger partial charge in [0, 0.05) is 25.7 Å². The summed E-state index contributed by atoms with van der Waals surface area (Å²) in [5, 5.41) is 3.16. The zero-order chi connectivity index (χ0) is 11.8. The lowest BCUT2D eigenvalue weighted by Crippen LogP contribution is -2.51. The molecule has 0 aromatic carbocycles. The van der Waals surface area contributed by atoms with Crippen LogP contribution >= 0.6 is 22.9 Å². The van der Waals surface area contributed by atoms with E-state index in [0.717, 1.165) is 11.3 Å². The lowest BCUT2D eigenvalue weighted by Gasteiger charge is -2.32. The van der Waals surface area contributed by atoms with Gasteiger partial charge in [0.15, 0.2) is 0 Å². The minimum atomic E-state index is -3.36. The Morgan fingerprint density at radius 1 is 1.56 bits per heavy atom. The Hall–Kier alpha value is -0.140. The van der Waals surface area contributed by atoms with Gasteiger partial charge in [0.25, 0.3) is 10.0 Å². The Morgan fingerprint density at radius 3 is 2.88 bits per heavy atom. The first kappa shape index (κ1) is 12.3. The third kappa shape index (κ3) is 2.26. The summed E-state index contributed by atoms with van der Waals surface area (Å²) in [5.41, 5.74) is 0. The minimum Gasteiger partial charge on any atom is -0.314 e. The molecule has 2 heterocycles. The van der Waals surface area contributed by atoms with Crippen LogP contribution in [0.5, 0.6) is 0 Å². The largest absolute Gasteiger partial charge is 0.314 e. The number of piperazine rings is 1. The van der Waals surface area contributed by atoms with Gasteiger partial charge < -0.3 is 5.32 Å². The van der Waals surface area contributed by atoms with Crippen molar-refractivity contribution in [3.63, 3.8) is 0 Å². The molecule has 1 unspecified atom stereocenters. The molecule has 0 saturated carbocycles. The van der Waals surface area contributed by atoms with Crippen molar-refractivity contribution < 1.29 is 8.42 Å². The second-order valence-corrected chi connectivity index (χ2v) is 7.56. The Bertz CT molecular complexity index is 472. The van der Waals surface area contributed by atoms with Gasteiger partial charge in [0.05, 0.1) is 4.34 Å². The molecular weight excluding hydrogens is 268 g/mol. The van der Waals surface area contributed by atoms with Gasteiger partial charge in [0.1, 0.15) is 4.21 Å². The van der Waals surface area contributed by atoms with Crippen LogP contribution < -0.4 is 5.32 Å². The number of nitrogens with zero attached hydrogens (tertiary/aromatic N) is 1. The Labute approximate surface area is 104 Å². The summed E-state index contributed by atoms with van der Waals surface area (Å²) in [5.74, 6) is 0. The van der Waals surface area contributed by atoms with Crippen molar-refractivity contribution in [2.75, 3.05) is 19.6 Å². The molecule has 0 spiro atoms. The van der Waals surface area contributed by atoms with Gasteiger partial charge in [-0.25, -0.2) is 8.42 Å². The molecule has 0 bridgehead atoms. The predicted octanol–water partition coefficient (Wildman–Crippen LogP) is 1.38. The van der Waals surface area contributed by atoms with E-state index in [9.17, 15) is 8.42 Å². The van der Waals surface area contributed by atoms with Gasteiger partial charge in [-0.15, -0.1) is 11.3 Å². The highest BCUT2D eigenvalue weighted by molar-refractivity contribution is 7.91. The van der Waals surface area contributed by atoms with Gasteiger partial charge >= 0.3 is 0 Å². The van der Waals surface area contributed by atoms with Gasteiger partial charge in [-0.3, -0.25) is 0 Å². The van der Waals surface area contributed by atoms with Gasteiger partial charge in [0.2, 0.25) is 0 Å². The topological polar surface area (TPSA) is 49.4 Å². The zero-order valence-corrected chi connectivity index (χ0v) is 11.2. The van der Waals surface area contributed by atoms with E-state index < -0.39 is 10.0 Å². The Balaban J connectivity index is 2.31. The van der Waals surface area contributed by atoms with Crippen LogP contribution in [0, 0.1) is 0 Å². The number of halogens is 1. The maximum atomic E-state index is 12.3. The van der Waals surface area contributed by atoms with Crippen LogP contribution in [-0.4, -0.2) is 38.4 Å². The number of thiophene rings is 1. The van der Waals surface area contributed by atoms with E-state index in [1.165, 1.54) is 4.31 Å². The normalized spacial score (nSPS) is 23.5. The fourth-order valence-corrected chi connectivity index (χ4v) is 4.97. The molecule has 1 N–H and O–H groups in total. The van der Waals surface area contributed by atoms with E-state index in [4.69, 9.17) is 11.6 Å². The number of nitrogens with one attached hydrogen (secondary N) is 1. The number of rotatable bonds is 2. The fourth-order valence-electron chi connectivity index (χ4n) is 1.73. The first-order valence-electron chi connectivity index (χ1n) is 5.00. The van der Waals surface area contributed by atoms with Crippen LogP contribution in [0.4, 0.5) is 0 Å². The predicted molar refractivity (Wildman–Crippen MR) is 65.6 cm³/mol. The van der Waals surface area contributed by atoms with Crippen molar-refractivity contribution in [1.82, 2.24) is 9.62 Å². The highest BCUT2D eigenvalue weighted by Gasteiger charge is 2.31. The second-order valence-electron chi connectivity index (χ2n) is 3.73. The molecule has 16 heavy (non-hydrogen) atoms.